The Labute approximate surface area is 156 Å². The van der Waals surface area contributed by atoms with Gasteiger partial charge in [-0.2, -0.15) is 0 Å². The number of fused-ring (bicyclic) bond motifs is 1. The maximum atomic E-state index is 12.8. The Morgan fingerprint density at radius 1 is 1.23 bits per heavy atom. The van der Waals surface area contributed by atoms with E-state index in [9.17, 15) is 13.2 Å². The van der Waals surface area contributed by atoms with Crippen molar-refractivity contribution >= 4 is 16.1 Å². The van der Waals surface area contributed by atoms with E-state index in [1.165, 1.54) is 6.42 Å². The summed E-state index contributed by atoms with van der Waals surface area (Å²) < 4.78 is 28.5. The number of hydrogen-bond acceptors (Lipinski definition) is 4. The molecule has 0 aromatic carbocycles. The highest BCUT2D eigenvalue weighted by Crippen LogP contribution is 2.39. The van der Waals surface area contributed by atoms with Crippen molar-refractivity contribution in [1.29, 1.82) is 0 Å². The van der Waals surface area contributed by atoms with Gasteiger partial charge in [-0.15, -0.1) is 0 Å². The minimum Gasteiger partial charge on any atom is -0.323 e. The molecule has 0 aromatic rings. The zero-order valence-corrected chi connectivity index (χ0v) is 16.7. The molecule has 2 aliphatic heterocycles. The standard InChI is InChI=1S/C18H32N4O3S/c1-18(7-8-18)20-26(24,25)14-5-6-15-16(10-14)21(2)17(23)22(15)12-13-4-3-9-19-11-13/h13-16,19-20H,3-12H2,1-2H3. The van der Waals surface area contributed by atoms with Crippen molar-refractivity contribution in [2.24, 2.45) is 5.92 Å². The third-order valence-corrected chi connectivity index (χ3v) is 8.94. The molecule has 0 radical (unpaired) electrons. The average Bonchev–Trinajstić information content (AvgIpc) is 3.29. The summed E-state index contributed by atoms with van der Waals surface area (Å²) in [7, 11) is -1.48. The van der Waals surface area contributed by atoms with Gasteiger partial charge in [0.15, 0.2) is 0 Å². The zero-order valence-electron chi connectivity index (χ0n) is 15.9. The molecule has 8 heteroatoms. The molecule has 2 heterocycles. The normalized spacial score (nSPS) is 36.9. The van der Waals surface area contributed by atoms with Gasteiger partial charge in [-0.05, 0) is 70.9 Å². The number of piperidine rings is 1. The first-order valence-corrected chi connectivity index (χ1v) is 11.6. The van der Waals surface area contributed by atoms with E-state index in [2.05, 4.69) is 10.0 Å². The van der Waals surface area contributed by atoms with Crippen LogP contribution in [-0.2, 0) is 10.0 Å². The minimum atomic E-state index is -3.32. The Bertz CT molecular complexity index is 657. The van der Waals surface area contributed by atoms with Gasteiger partial charge in [0.1, 0.15) is 0 Å². The number of rotatable bonds is 5. The van der Waals surface area contributed by atoms with Crippen LogP contribution in [0.4, 0.5) is 4.79 Å². The summed E-state index contributed by atoms with van der Waals surface area (Å²) in [4.78, 5) is 16.6. The van der Waals surface area contributed by atoms with Crippen molar-refractivity contribution < 1.29 is 13.2 Å². The molecule has 4 aliphatic rings. The third-order valence-electron chi connectivity index (χ3n) is 6.86. The summed E-state index contributed by atoms with van der Waals surface area (Å²) in [5.74, 6) is 0.512. The second kappa shape index (κ2) is 6.63. The van der Waals surface area contributed by atoms with Gasteiger partial charge in [0.2, 0.25) is 10.0 Å². The van der Waals surface area contributed by atoms with Crippen molar-refractivity contribution in [2.75, 3.05) is 26.7 Å². The number of carbonyl (C=O) groups excluding carboxylic acids is 1. The van der Waals surface area contributed by atoms with E-state index in [-0.39, 0.29) is 28.9 Å². The summed E-state index contributed by atoms with van der Waals surface area (Å²) in [5.41, 5.74) is -0.229. The number of urea groups is 1. The molecule has 4 atom stereocenters. The fourth-order valence-corrected chi connectivity index (χ4v) is 6.88. The third kappa shape index (κ3) is 3.47. The second-order valence-corrected chi connectivity index (χ2v) is 11.0. The van der Waals surface area contributed by atoms with Gasteiger partial charge < -0.3 is 15.1 Å². The monoisotopic (exact) mass is 384 g/mol. The van der Waals surface area contributed by atoms with Crippen molar-refractivity contribution in [3.8, 4) is 0 Å². The highest BCUT2D eigenvalue weighted by Gasteiger charge is 2.51. The highest BCUT2D eigenvalue weighted by molar-refractivity contribution is 7.90. The topological polar surface area (TPSA) is 81.8 Å². The van der Waals surface area contributed by atoms with Crippen LogP contribution in [-0.4, -0.2) is 73.8 Å². The van der Waals surface area contributed by atoms with Crippen LogP contribution in [0.15, 0.2) is 0 Å². The average molecular weight is 385 g/mol. The van der Waals surface area contributed by atoms with Crippen molar-refractivity contribution in [3.63, 3.8) is 0 Å². The van der Waals surface area contributed by atoms with Gasteiger partial charge in [-0.3, -0.25) is 0 Å². The summed E-state index contributed by atoms with van der Waals surface area (Å²) in [6.45, 7) is 4.82. The van der Waals surface area contributed by atoms with Crippen molar-refractivity contribution in [3.05, 3.63) is 0 Å². The van der Waals surface area contributed by atoms with Crippen LogP contribution in [0.2, 0.25) is 0 Å². The first-order chi connectivity index (χ1) is 12.3. The molecule has 2 saturated heterocycles. The van der Waals surface area contributed by atoms with E-state index >= 15 is 0 Å². The van der Waals surface area contributed by atoms with Crippen molar-refractivity contribution in [2.45, 2.75) is 74.7 Å². The van der Waals surface area contributed by atoms with Crippen molar-refractivity contribution in [1.82, 2.24) is 19.8 Å². The van der Waals surface area contributed by atoms with Gasteiger partial charge in [-0.25, -0.2) is 17.9 Å². The number of amides is 2. The molecule has 7 nitrogen and oxygen atoms in total. The Balaban J connectivity index is 1.43. The SMILES string of the molecule is CN1C(=O)N(CC2CCCNC2)C2CCC(S(=O)(=O)NC3(C)CC3)CC21. The van der Waals surface area contributed by atoms with Gasteiger partial charge in [0, 0.05) is 19.1 Å². The number of nitrogens with one attached hydrogen (secondary N) is 2. The molecule has 4 fully saturated rings. The zero-order chi connectivity index (χ0) is 18.5. The number of sulfonamides is 1. The fourth-order valence-electron chi connectivity index (χ4n) is 4.93. The molecule has 148 valence electrons. The fraction of sp³-hybridized carbons (Fsp3) is 0.944. The van der Waals surface area contributed by atoms with Gasteiger partial charge in [0.25, 0.3) is 0 Å². The Hall–Kier alpha value is -0.860. The lowest BCUT2D eigenvalue weighted by atomic mass is 9.89. The summed E-state index contributed by atoms with van der Waals surface area (Å²) in [6, 6.07) is 0.254. The Morgan fingerprint density at radius 3 is 2.65 bits per heavy atom. The maximum Gasteiger partial charge on any atom is 0.320 e. The molecule has 0 aromatic heterocycles. The first-order valence-electron chi connectivity index (χ1n) is 10.1. The van der Waals surface area contributed by atoms with Crippen LogP contribution in [0.3, 0.4) is 0 Å². The molecular weight excluding hydrogens is 352 g/mol. The van der Waals surface area contributed by atoms with Crippen LogP contribution < -0.4 is 10.0 Å². The molecule has 4 unspecified atom stereocenters. The molecular formula is C18H32N4O3S. The summed E-state index contributed by atoms with van der Waals surface area (Å²) in [6.07, 6.45) is 6.16. The lowest BCUT2D eigenvalue weighted by Gasteiger charge is -2.37. The molecule has 0 spiro atoms. The van der Waals surface area contributed by atoms with Crippen LogP contribution >= 0.6 is 0 Å². The maximum absolute atomic E-state index is 12.8. The molecule has 2 N–H and O–H groups in total. The largest absolute Gasteiger partial charge is 0.323 e. The molecule has 2 saturated carbocycles. The predicted octanol–water partition coefficient (Wildman–Crippen LogP) is 1.12. The van der Waals surface area contributed by atoms with E-state index in [1.807, 2.05) is 18.9 Å². The number of hydrogen-bond donors (Lipinski definition) is 2. The highest BCUT2D eigenvalue weighted by atomic mass is 32.2. The summed E-state index contributed by atoms with van der Waals surface area (Å²) >= 11 is 0. The van der Waals surface area contributed by atoms with E-state index in [1.54, 1.807) is 4.90 Å². The molecule has 0 bridgehead atoms. The number of carbonyl (C=O) groups is 1. The van der Waals surface area contributed by atoms with Gasteiger partial charge in [0.05, 0.1) is 17.3 Å². The van der Waals surface area contributed by atoms with E-state index in [0.29, 0.717) is 18.8 Å². The molecule has 26 heavy (non-hydrogen) atoms. The molecule has 4 rings (SSSR count). The Kier molecular flexibility index (Phi) is 4.72. The summed E-state index contributed by atoms with van der Waals surface area (Å²) in [5, 5.41) is 3.04. The van der Waals surface area contributed by atoms with Crippen LogP contribution in [0, 0.1) is 5.92 Å². The van der Waals surface area contributed by atoms with Crippen LogP contribution in [0.25, 0.3) is 0 Å². The van der Waals surface area contributed by atoms with Crippen LogP contribution in [0.5, 0.6) is 0 Å². The smallest absolute Gasteiger partial charge is 0.320 e. The van der Waals surface area contributed by atoms with Crippen LogP contribution in [0.1, 0.15) is 51.9 Å². The van der Waals surface area contributed by atoms with Gasteiger partial charge in [-0.1, -0.05) is 0 Å². The van der Waals surface area contributed by atoms with E-state index in [0.717, 1.165) is 45.3 Å². The van der Waals surface area contributed by atoms with Gasteiger partial charge >= 0.3 is 6.03 Å². The number of nitrogens with zero attached hydrogens (tertiary/aromatic N) is 2. The number of likely N-dealkylation sites (N-methyl/N-ethyl adjacent to an activating group) is 1. The lowest BCUT2D eigenvalue weighted by Crippen LogP contribution is -2.50. The predicted molar refractivity (Wildman–Crippen MR) is 100 cm³/mol. The second-order valence-electron chi connectivity index (χ2n) is 9.04. The Morgan fingerprint density at radius 2 is 2.00 bits per heavy atom. The van der Waals surface area contributed by atoms with E-state index in [4.69, 9.17) is 0 Å². The minimum absolute atomic E-state index is 0.0152. The molecule has 2 aliphatic carbocycles. The molecule has 2 amide bonds. The lowest BCUT2D eigenvalue weighted by molar-refractivity contribution is 0.167. The quantitative estimate of drug-likeness (QED) is 0.744. The van der Waals surface area contributed by atoms with E-state index < -0.39 is 10.0 Å². The first kappa shape index (κ1) is 18.5.